The van der Waals surface area contributed by atoms with Crippen molar-refractivity contribution in [2.45, 2.75) is 13.0 Å². The fourth-order valence-electron chi connectivity index (χ4n) is 0.951. The number of thiophene rings is 1. The summed E-state index contributed by atoms with van der Waals surface area (Å²) in [5.41, 5.74) is 6.04. The van der Waals surface area contributed by atoms with Crippen molar-refractivity contribution in [2.75, 3.05) is 13.2 Å². The summed E-state index contributed by atoms with van der Waals surface area (Å²) in [5, 5.41) is 1.85. The summed E-state index contributed by atoms with van der Waals surface area (Å²) in [5.74, 6) is 5.57. The number of alkyl halides is 2. The van der Waals surface area contributed by atoms with Crippen LogP contribution in [0.15, 0.2) is 11.4 Å². The van der Waals surface area contributed by atoms with Crippen LogP contribution >= 0.6 is 11.3 Å². The SMILES string of the molecule is NCC#Cc1ccsc1COCC(F)F. The molecule has 1 rings (SSSR count). The molecule has 0 aliphatic heterocycles. The number of rotatable bonds is 4. The minimum Gasteiger partial charge on any atom is -0.370 e. The van der Waals surface area contributed by atoms with Gasteiger partial charge in [0.25, 0.3) is 6.43 Å². The molecule has 1 heterocycles. The van der Waals surface area contributed by atoms with Gasteiger partial charge in [0.05, 0.1) is 13.2 Å². The third-order valence-electron chi connectivity index (χ3n) is 1.55. The summed E-state index contributed by atoms with van der Waals surface area (Å²) in [7, 11) is 0. The Morgan fingerprint density at radius 2 is 2.33 bits per heavy atom. The van der Waals surface area contributed by atoms with Gasteiger partial charge in [-0.05, 0) is 11.4 Å². The van der Waals surface area contributed by atoms with Crippen LogP contribution in [0.2, 0.25) is 0 Å². The minimum absolute atomic E-state index is 0.177. The van der Waals surface area contributed by atoms with Gasteiger partial charge in [-0.1, -0.05) is 11.8 Å². The Balaban J connectivity index is 2.50. The molecule has 0 atom stereocenters. The fourth-order valence-corrected chi connectivity index (χ4v) is 1.72. The maximum atomic E-state index is 11.8. The van der Waals surface area contributed by atoms with E-state index in [0.717, 1.165) is 10.4 Å². The molecule has 0 saturated heterocycles. The van der Waals surface area contributed by atoms with Gasteiger partial charge in [-0.3, -0.25) is 0 Å². The summed E-state index contributed by atoms with van der Waals surface area (Å²) >= 11 is 1.44. The van der Waals surface area contributed by atoms with Crippen LogP contribution in [0.1, 0.15) is 10.4 Å². The molecule has 0 spiro atoms. The van der Waals surface area contributed by atoms with E-state index in [2.05, 4.69) is 11.8 Å². The lowest BCUT2D eigenvalue weighted by molar-refractivity contribution is 0.0107. The van der Waals surface area contributed by atoms with E-state index >= 15 is 0 Å². The molecule has 0 fully saturated rings. The van der Waals surface area contributed by atoms with E-state index in [0.29, 0.717) is 0 Å². The van der Waals surface area contributed by atoms with Crippen molar-refractivity contribution in [3.63, 3.8) is 0 Å². The van der Waals surface area contributed by atoms with Gasteiger partial charge in [-0.25, -0.2) is 8.78 Å². The third kappa shape index (κ3) is 4.38. The zero-order valence-electron chi connectivity index (χ0n) is 8.00. The molecule has 0 amide bonds. The average Bonchev–Trinajstić information content (AvgIpc) is 2.62. The highest BCUT2D eigenvalue weighted by atomic mass is 32.1. The largest absolute Gasteiger partial charge is 0.370 e. The standard InChI is InChI=1S/C10H11F2NOS/c11-10(12)7-14-6-9-8(2-1-4-13)3-5-15-9/h3,5,10H,4,6-7,13H2. The zero-order valence-corrected chi connectivity index (χ0v) is 8.82. The van der Waals surface area contributed by atoms with Crippen LogP contribution in [0.4, 0.5) is 8.78 Å². The average molecular weight is 231 g/mol. The predicted octanol–water partition coefficient (Wildman–Crippen LogP) is 1.84. The summed E-state index contributed by atoms with van der Waals surface area (Å²) in [6, 6.07) is 1.83. The first-order valence-electron chi connectivity index (χ1n) is 4.35. The van der Waals surface area contributed by atoms with Crippen LogP contribution < -0.4 is 5.73 Å². The Hall–Kier alpha value is -0.960. The molecule has 0 unspecified atom stereocenters. The molecule has 1 aromatic rings. The molecule has 5 heteroatoms. The second-order valence-electron chi connectivity index (χ2n) is 2.67. The maximum absolute atomic E-state index is 11.8. The van der Waals surface area contributed by atoms with Gasteiger partial charge in [0.2, 0.25) is 0 Å². The highest BCUT2D eigenvalue weighted by Gasteiger charge is 2.05. The molecule has 82 valence electrons. The predicted molar refractivity (Wildman–Crippen MR) is 55.9 cm³/mol. The van der Waals surface area contributed by atoms with E-state index in [1.807, 2.05) is 11.4 Å². The van der Waals surface area contributed by atoms with E-state index in [1.165, 1.54) is 11.3 Å². The van der Waals surface area contributed by atoms with Crippen molar-refractivity contribution in [3.05, 3.63) is 21.9 Å². The van der Waals surface area contributed by atoms with Gasteiger partial charge in [-0.2, -0.15) is 0 Å². The van der Waals surface area contributed by atoms with Gasteiger partial charge in [0, 0.05) is 10.4 Å². The van der Waals surface area contributed by atoms with E-state index in [1.54, 1.807) is 0 Å². The second kappa shape index (κ2) is 6.51. The van der Waals surface area contributed by atoms with Crippen molar-refractivity contribution in [1.29, 1.82) is 0 Å². The maximum Gasteiger partial charge on any atom is 0.261 e. The summed E-state index contributed by atoms with van der Waals surface area (Å²) in [6.45, 7) is -0.0779. The number of hydrogen-bond donors (Lipinski definition) is 1. The highest BCUT2D eigenvalue weighted by molar-refractivity contribution is 7.10. The number of hydrogen-bond acceptors (Lipinski definition) is 3. The van der Waals surface area contributed by atoms with Crippen LogP contribution in [0.25, 0.3) is 0 Å². The Kier molecular flexibility index (Phi) is 5.26. The van der Waals surface area contributed by atoms with Crippen molar-refractivity contribution in [1.82, 2.24) is 0 Å². The zero-order chi connectivity index (χ0) is 11.1. The van der Waals surface area contributed by atoms with Crippen molar-refractivity contribution in [2.24, 2.45) is 5.73 Å². The van der Waals surface area contributed by atoms with Gasteiger partial charge in [0.15, 0.2) is 0 Å². The lowest BCUT2D eigenvalue weighted by atomic mass is 10.2. The number of nitrogens with two attached hydrogens (primary N) is 1. The van der Waals surface area contributed by atoms with Crippen molar-refractivity contribution >= 4 is 11.3 Å². The van der Waals surface area contributed by atoms with Crippen LogP contribution in [-0.4, -0.2) is 19.6 Å². The molecular formula is C10H11F2NOS. The molecule has 0 aliphatic carbocycles. The Labute approximate surface area is 91.0 Å². The topological polar surface area (TPSA) is 35.2 Å². The lowest BCUT2D eigenvalue weighted by Crippen LogP contribution is -2.04. The van der Waals surface area contributed by atoms with Crippen molar-refractivity contribution < 1.29 is 13.5 Å². The smallest absolute Gasteiger partial charge is 0.261 e. The monoisotopic (exact) mass is 231 g/mol. The highest BCUT2D eigenvalue weighted by Crippen LogP contribution is 2.17. The first-order chi connectivity index (χ1) is 7.24. The van der Waals surface area contributed by atoms with Crippen LogP contribution in [0, 0.1) is 11.8 Å². The van der Waals surface area contributed by atoms with Crippen LogP contribution in [0.5, 0.6) is 0 Å². The molecule has 0 aromatic carbocycles. The summed E-state index contributed by atoms with van der Waals surface area (Å²) in [4.78, 5) is 0.858. The first-order valence-corrected chi connectivity index (χ1v) is 5.23. The Morgan fingerprint density at radius 1 is 1.53 bits per heavy atom. The fraction of sp³-hybridized carbons (Fsp3) is 0.400. The minimum atomic E-state index is -2.43. The van der Waals surface area contributed by atoms with Gasteiger partial charge in [0.1, 0.15) is 6.61 Å². The van der Waals surface area contributed by atoms with Crippen LogP contribution in [-0.2, 0) is 11.3 Å². The molecule has 15 heavy (non-hydrogen) atoms. The van der Waals surface area contributed by atoms with Gasteiger partial charge < -0.3 is 10.5 Å². The molecule has 0 saturated carbocycles. The summed E-state index contributed by atoms with van der Waals surface area (Å²) in [6.07, 6.45) is -2.43. The second-order valence-corrected chi connectivity index (χ2v) is 3.67. The van der Waals surface area contributed by atoms with Gasteiger partial charge >= 0.3 is 0 Å². The molecule has 2 N–H and O–H groups in total. The molecule has 0 bridgehead atoms. The molecule has 2 nitrogen and oxygen atoms in total. The first kappa shape index (κ1) is 12.1. The third-order valence-corrected chi connectivity index (χ3v) is 2.44. The number of ether oxygens (including phenoxy) is 1. The molecule has 1 aromatic heterocycles. The Bertz CT molecular complexity index is 354. The quantitative estimate of drug-likeness (QED) is 0.802. The normalized spacial score (nSPS) is 10.1. The molecular weight excluding hydrogens is 220 g/mol. The number of halogens is 2. The van der Waals surface area contributed by atoms with Crippen LogP contribution in [0.3, 0.4) is 0 Å². The van der Waals surface area contributed by atoms with Crippen molar-refractivity contribution in [3.8, 4) is 11.8 Å². The van der Waals surface area contributed by atoms with E-state index in [-0.39, 0.29) is 13.2 Å². The van der Waals surface area contributed by atoms with E-state index < -0.39 is 13.0 Å². The van der Waals surface area contributed by atoms with Gasteiger partial charge in [-0.15, -0.1) is 11.3 Å². The molecule has 0 radical (unpaired) electrons. The van der Waals surface area contributed by atoms with E-state index in [9.17, 15) is 8.78 Å². The Morgan fingerprint density at radius 3 is 3.00 bits per heavy atom. The lowest BCUT2D eigenvalue weighted by Gasteiger charge is -2.01. The van der Waals surface area contributed by atoms with E-state index in [4.69, 9.17) is 10.5 Å². The molecule has 0 aliphatic rings. The summed E-state index contributed by atoms with van der Waals surface area (Å²) < 4.78 is 28.4.